The number of tetrazole rings is 2. The maximum absolute atomic E-state index is 3.76. The normalized spacial score (nSPS) is 11.3. The maximum Gasteiger partial charge on any atom is 0.287 e. The van der Waals surface area contributed by atoms with Gasteiger partial charge < -0.3 is 0 Å². The van der Waals surface area contributed by atoms with E-state index in [4.69, 9.17) is 0 Å². The van der Waals surface area contributed by atoms with Gasteiger partial charge in [0.25, 0.3) is 11.9 Å². The average molecular weight is 194 g/mol. The fourth-order valence-corrected chi connectivity index (χ4v) is 0.708. The Kier molecular flexibility index (Phi) is 1.93. The fourth-order valence-electron chi connectivity index (χ4n) is 0.708. The summed E-state index contributed by atoms with van der Waals surface area (Å²) in [5, 5.41) is 28.7. The molecule has 72 valence electrons. The van der Waals surface area contributed by atoms with Crippen LogP contribution in [0.15, 0.2) is 10.2 Å². The van der Waals surface area contributed by atoms with E-state index in [2.05, 4.69) is 41.3 Å². The Morgan fingerprint density at radius 2 is 1.29 bits per heavy atom. The molecular weight excluding hydrogens is 188 g/mol. The first kappa shape index (κ1) is 8.34. The van der Waals surface area contributed by atoms with Gasteiger partial charge in [0.05, 0.1) is 0 Å². The van der Waals surface area contributed by atoms with Crippen molar-refractivity contribution in [2.24, 2.45) is 24.3 Å². The van der Waals surface area contributed by atoms with Crippen molar-refractivity contribution in [3.63, 3.8) is 0 Å². The fraction of sp³-hybridized carbons (Fsp3) is 0.500. The highest BCUT2D eigenvalue weighted by atomic mass is 15.6. The molecule has 14 heavy (non-hydrogen) atoms. The van der Waals surface area contributed by atoms with E-state index in [-0.39, 0.29) is 11.9 Å². The van der Waals surface area contributed by atoms with Crippen molar-refractivity contribution in [3.8, 4) is 0 Å². The molecule has 2 aromatic heterocycles. The zero-order valence-electron chi connectivity index (χ0n) is 7.47. The summed E-state index contributed by atoms with van der Waals surface area (Å²) in [7, 11) is 3.31. The van der Waals surface area contributed by atoms with Gasteiger partial charge in [0.15, 0.2) is 0 Å². The Morgan fingerprint density at radius 1 is 0.857 bits per heavy atom. The molecule has 0 bridgehead atoms. The van der Waals surface area contributed by atoms with E-state index in [1.165, 1.54) is 9.36 Å². The largest absolute Gasteiger partial charge is 0.287 e. The second kappa shape index (κ2) is 3.24. The second-order valence-electron chi connectivity index (χ2n) is 2.40. The van der Waals surface area contributed by atoms with E-state index in [0.29, 0.717) is 0 Å². The highest BCUT2D eigenvalue weighted by Crippen LogP contribution is 2.08. The van der Waals surface area contributed by atoms with Crippen LogP contribution in [-0.4, -0.2) is 40.4 Å². The van der Waals surface area contributed by atoms with Crippen LogP contribution in [0, 0.1) is 0 Å². The average Bonchev–Trinajstić information content (AvgIpc) is 2.72. The van der Waals surface area contributed by atoms with Crippen molar-refractivity contribution < 1.29 is 0 Å². The Balaban J connectivity index is 2.23. The molecule has 0 aliphatic heterocycles. The van der Waals surface area contributed by atoms with Crippen molar-refractivity contribution in [1.82, 2.24) is 40.4 Å². The molecule has 0 amide bonds. The number of rotatable bonds is 2. The van der Waals surface area contributed by atoms with Gasteiger partial charge in [-0.3, -0.25) is 0 Å². The molecule has 0 radical (unpaired) electrons. The molecule has 2 heterocycles. The number of aromatic nitrogens is 8. The molecular formula is C4H6N10. The first-order valence-electron chi connectivity index (χ1n) is 3.64. The van der Waals surface area contributed by atoms with Crippen LogP contribution in [0.5, 0.6) is 0 Å². The minimum atomic E-state index is 0.285. The summed E-state index contributed by atoms with van der Waals surface area (Å²) in [5.74, 6) is 0.570. The Bertz CT molecular complexity index is 408. The van der Waals surface area contributed by atoms with E-state index in [1.54, 1.807) is 14.1 Å². The minimum absolute atomic E-state index is 0.285. The van der Waals surface area contributed by atoms with Crippen molar-refractivity contribution in [2.75, 3.05) is 0 Å². The van der Waals surface area contributed by atoms with Crippen LogP contribution in [0.3, 0.4) is 0 Å². The molecule has 0 atom stereocenters. The van der Waals surface area contributed by atoms with Gasteiger partial charge in [-0.05, 0) is 20.9 Å². The van der Waals surface area contributed by atoms with E-state index < -0.39 is 0 Å². The highest BCUT2D eigenvalue weighted by Gasteiger charge is 2.01. The van der Waals surface area contributed by atoms with Gasteiger partial charge in [-0.15, -0.1) is 10.2 Å². The number of hydrogen-bond donors (Lipinski definition) is 0. The third kappa shape index (κ3) is 1.44. The van der Waals surface area contributed by atoms with Gasteiger partial charge in [-0.25, -0.2) is 9.36 Å². The molecule has 2 aromatic rings. The van der Waals surface area contributed by atoms with Crippen LogP contribution in [-0.2, 0) is 14.1 Å². The Hall–Kier alpha value is -2.26. The monoisotopic (exact) mass is 194 g/mol. The Labute approximate surface area is 77.6 Å². The summed E-state index contributed by atoms with van der Waals surface area (Å²) in [5.41, 5.74) is 0. The molecule has 2 rings (SSSR count). The molecule has 0 aliphatic carbocycles. The summed E-state index contributed by atoms with van der Waals surface area (Å²) in [6.07, 6.45) is 0. The number of azo groups is 1. The van der Waals surface area contributed by atoms with Crippen molar-refractivity contribution >= 4 is 11.9 Å². The quantitative estimate of drug-likeness (QED) is 0.575. The van der Waals surface area contributed by atoms with E-state index in [9.17, 15) is 0 Å². The van der Waals surface area contributed by atoms with Gasteiger partial charge in [-0.2, -0.15) is 0 Å². The molecule has 0 unspecified atom stereocenters. The molecule has 0 fully saturated rings. The van der Waals surface area contributed by atoms with Crippen LogP contribution in [0.4, 0.5) is 11.9 Å². The highest BCUT2D eigenvalue weighted by molar-refractivity contribution is 5.13. The Morgan fingerprint density at radius 3 is 1.57 bits per heavy atom. The molecule has 0 N–H and O–H groups in total. The summed E-state index contributed by atoms with van der Waals surface area (Å²) in [6, 6.07) is 0. The number of aryl methyl sites for hydroxylation is 2. The first-order chi connectivity index (χ1) is 6.77. The minimum Gasteiger partial charge on any atom is -0.212 e. The van der Waals surface area contributed by atoms with Crippen molar-refractivity contribution in [1.29, 1.82) is 0 Å². The van der Waals surface area contributed by atoms with Gasteiger partial charge in [0.1, 0.15) is 0 Å². The predicted molar refractivity (Wildman–Crippen MR) is 41.8 cm³/mol. The zero-order valence-corrected chi connectivity index (χ0v) is 7.47. The van der Waals surface area contributed by atoms with Gasteiger partial charge in [-0.1, -0.05) is 10.2 Å². The first-order valence-corrected chi connectivity index (χ1v) is 3.64. The van der Waals surface area contributed by atoms with E-state index in [0.717, 1.165) is 0 Å². The molecule has 0 saturated heterocycles. The van der Waals surface area contributed by atoms with Crippen LogP contribution >= 0.6 is 0 Å². The molecule has 0 spiro atoms. The van der Waals surface area contributed by atoms with Gasteiger partial charge >= 0.3 is 0 Å². The molecule has 10 nitrogen and oxygen atoms in total. The topological polar surface area (TPSA) is 112 Å². The smallest absolute Gasteiger partial charge is 0.212 e. The van der Waals surface area contributed by atoms with E-state index in [1.807, 2.05) is 0 Å². The van der Waals surface area contributed by atoms with Gasteiger partial charge in [0.2, 0.25) is 0 Å². The summed E-state index contributed by atoms with van der Waals surface area (Å²) < 4.78 is 2.76. The molecule has 0 aromatic carbocycles. The van der Waals surface area contributed by atoms with Crippen LogP contribution in [0.25, 0.3) is 0 Å². The van der Waals surface area contributed by atoms with Gasteiger partial charge in [0, 0.05) is 14.1 Å². The second-order valence-corrected chi connectivity index (χ2v) is 2.40. The SMILES string of the molecule is Cn1nnnc1/N=N/c1nnnn1C. The summed E-state index contributed by atoms with van der Waals surface area (Å²) >= 11 is 0. The lowest BCUT2D eigenvalue weighted by molar-refractivity contribution is 0.702. The van der Waals surface area contributed by atoms with Crippen LogP contribution in [0.1, 0.15) is 0 Å². The zero-order chi connectivity index (χ0) is 9.97. The lowest BCUT2D eigenvalue weighted by atomic mass is 11.0. The number of hydrogen-bond acceptors (Lipinski definition) is 8. The molecule has 0 saturated carbocycles. The third-order valence-corrected chi connectivity index (χ3v) is 1.42. The van der Waals surface area contributed by atoms with Crippen LogP contribution in [0.2, 0.25) is 0 Å². The lowest BCUT2D eigenvalue weighted by Crippen LogP contribution is -1.90. The third-order valence-electron chi connectivity index (χ3n) is 1.42. The van der Waals surface area contributed by atoms with Crippen LogP contribution < -0.4 is 0 Å². The van der Waals surface area contributed by atoms with Crippen molar-refractivity contribution in [3.05, 3.63) is 0 Å². The number of nitrogens with zero attached hydrogens (tertiary/aromatic N) is 10. The molecule has 10 heteroatoms. The van der Waals surface area contributed by atoms with E-state index >= 15 is 0 Å². The standard InChI is InChI=1S/C4H6N10/c1-13-3(7-9-11-13)5-6-4-8-10-12-14(4)2/h1-2H3/b6-5+. The summed E-state index contributed by atoms with van der Waals surface area (Å²) in [4.78, 5) is 0. The molecule has 0 aliphatic rings. The summed E-state index contributed by atoms with van der Waals surface area (Å²) in [6.45, 7) is 0. The van der Waals surface area contributed by atoms with Crippen molar-refractivity contribution in [2.45, 2.75) is 0 Å². The predicted octanol–water partition coefficient (Wildman–Crippen LogP) is -0.851. The maximum atomic E-state index is 3.76. The lowest BCUT2D eigenvalue weighted by Gasteiger charge is -1.88.